The van der Waals surface area contributed by atoms with E-state index in [1.54, 1.807) is 0 Å². The van der Waals surface area contributed by atoms with E-state index in [1.807, 2.05) is 4.74 Å². The minimum Gasteiger partial charge on any atom is -0.281 e. The van der Waals surface area contributed by atoms with E-state index in [0.717, 1.165) is 0 Å². The van der Waals surface area contributed by atoms with E-state index in [4.69, 9.17) is 4.55 Å². The summed E-state index contributed by atoms with van der Waals surface area (Å²) < 4.78 is 132. The van der Waals surface area contributed by atoms with Crippen molar-refractivity contribution in [3.05, 3.63) is 0 Å². The van der Waals surface area contributed by atoms with Gasteiger partial charge < -0.3 is 0 Å². The second-order valence-corrected chi connectivity index (χ2v) is 5.37. The second kappa shape index (κ2) is 4.94. The predicted octanol–water partition coefficient (Wildman–Crippen LogP) is 2.96. The monoisotopic (exact) mass is 340 g/mol. The van der Waals surface area contributed by atoms with Gasteiger partial charge in [0.15, 0.2) is 0 Å². The molecule has 0 saturated heterocycles. The van der Waals surface area contributed by atoms with E-state index in [2.05, 4.69) is 0 Å². The van der Waals surface area contributed by atoms with Gasteiger partial charge in [-0.05, 0) is 0 Å². The molecule has 20 heavy (non-hydrogen) atoms. The number of ether oxygens (including phenoxy) is 1. The van der Waals surface area contributed by atoms with Crippen molar-refractivity contribution in [1.82, 2.24) is 0 Å². The molecule has 0 aromatic rings. The van der Waals surface area contributed by atoms with E-state index in [-0.39, 0.29) is 0 Å². The maximum absolute atomic E-state index is 12.9. The van der Waals surface area contributed by atoms with Crippen LogP contribution in [0.5, 0.6) is 0 Å². The van der Waals surface area contributed by atoms with Gasteiger partial charge in [0.25, 0.3) is 0 Å². The van der Waals surface area contributed by atoms with Crippen LogP contribution in [0, 0.1) is 5.92 Å². The molecule has 4 nitrogen and oxygen atoms in total. The zero-order valence-corrected chi connectivity index (χ0v) is 10.5. The summed E-state index contributed by atoms with van der Waals surface area (Å²) in [7, 11) is -6.88. The third-order valence-corrected chi connectivity index (χ3v) is 2.92. The van der Waals surface area contributed by atoms with Gasteiger partial charge in [-0.3, -0.25) is 4.55 Å². The van der Waals surface area contributed by atoms with Crippen molar-refractivity contribution >= 4 is 10.1 Å². The Morgan fingerprint density at radius 1 is 0.900 bits per heavy atom. The van der Waals surface area contributed by atoms with E-state index in [0.29, 0.717) is 13.8 Å². The lowest BCUT2D eigenvalue weighted by atomic mass is 10.1. The third kappa shape index (κ3) is 3.14. The molecule has 0 unspecified atom stereocenters. The molecule has 0 heterocycles. The summed E-state index contributed by atoms with van der Waals surface area (Å²) in [6.07, 6.45) is -12.7. The highest BCUT2D eigenvalue weighted by Crippen LogP contribution is 2.48. The van der Waals surface area contributed by atoms with Crippen LogP contribution >= 0.6 is 0 Å². The fourth-order valence-electron chi connectivity index (χ4n) is 0.775. The average molecular weight is 340 g/mol. The van der Waals surface area contributed by atoms with Gasteiger partial charge in [-0.1, -0.05) is 13.8 Å². The molecular weight excluding hydrogens is 332 g/mol. The number of hydrogen-bond donors (Lipinski definition) is 1. The van der Waals surface area contributed by atoms with Crippen LogP contribution in [-0.4, -0.2) is 36.4 Å². The molecular formula is C7H8F8O4S. The third-order valence-electron chi connectivity index (χ3n) is 2.03. The Bertz CT molecular complexity index is 457. The summed E-state index contributed by atoms with van der Waals surface area (Å²) in [6.45, 7) is 0.909. The molecule has 0 aliphatic carbocycles. The molecule has 0 fully saturated rings. The number of halogens is 8. The molecule has 0 saturated carbocycles. The van der Waals surface area contributed by atoms with Crippen molar-refractivity contribution in [3.63, 3.8) is 0 Å². The van der Waals surface area contributed by atoms with Gasteiger partial charge in [0, 0.05) is 5.92 Å². The summed E-state index contributed by atoms with van der Waals surface area (Å²) >= 11 is 0. The normalized spacial score (nSPS) is 15.8. The van der Waals surface area contributed by atoms with Gasteiger partial charge in [0.2, 0.25) is 0 Å². The van der Waals surface area contributed by atoms with E-state index in [1.165, 1.54) is 0 Å². The van der Waals surface area contributed by atoms with Crippen molar-refractivity contribution in [2.45, 2.75) is 37.2 Å². The molecule has 0 spiro atoms. The van der Waals surface area contributed by atoms with Crippen LogP contribution in [0.4, 0.5) is 35.1 Å². The zero-order chi connectivity index (χ0) is 16.8. The summed E-state index contributed by atoms with van der Waals surface area (Å²) in [6, 6.07) is 0. The van der Waals surface area contributed by atoms with Crippen molar-refractivity contribution in [1.29, 1.82) is 0 Å². The smallest absolute Gasteiger partial charge is 0.281 e. The molecule has 0 rings (SSSR count). The predicted molar refractivity (Wildman–Crippen MR) is 47.3 cm³/mol. The minimum absolute atomic E-state index is 0.455. The number of alkyl halides is 8. The molecule has 0 bridgehead atoms. The second-order valence-electron chi connectivity index (χ2n) is 3.91. The van der Waals surface area contributed by atoms with Crippen LogP contribution in [0.15, 0.2) is 0 Å². The van der Waals surface area contributed by atoms with E-state index in [9.17, 15) is 43.5 Å². The number of hydrogen-bond acceptors (Lipinski definition) is 3. The first kappa shape index (κ1) is 19.3. The molecule has 0 radical (unpaired) electrons. The summed E-state index contributed by atoms with van der Waals surface area (Å²) in [5.41, 5.74) is 0. The van der Waals surface area contributed by atoms with Crippen LogP contribution < -0.4 is 0 Å². The highest BCUT2D eigenvalue weighted by molar-refractivity contribution is 7.86. The molecule has 0 aliphatic heterocycles. The Labute approximate surface area is 107 Å². The van der Waals surface area contributed by atoms with E-state index < -0.39 is 39.4 Å². The standard InChI is InChI=1S/C7H8F8O4S/c1-3(2)4(8,9)5(10,11)19-6(12,13)7(14,15)20(16,17)18/h3H,1-2H3,(H,16,17,18). The topological polar surface area (TPSA) is 63.6 Å². The molecule has 1 N–H and O–H groups in total. The molecule has 0 atom stereocenters. The van der Waals surface area contributed by atoms with Crippen LogP contribution in [0.2, 0.25) is 0 Å². The molecule has 0 aliphatic rings. The van der Waals surface area contributed by atoms with Crippen LogP contribution in [-0.2, 0) is 14.9 Å². The van der Waals surface area contributed by atoms with E-state index >= 15 is 0 Å². The zero-order valence-electron chi connectivity index (χ0n) is 9.68. The number of rotatable bonds is 6. The molecule has 0 amide bonds. The van der Waals surface area contributed by atoms with Crippen molar-refractivity contribution < 1.29 is 52.8 Å². The van der Waals surface area contributed by atoms with Gasteiger partial charge in [-0.25, -0.2) is 4.74 Å². The summed E-state index contributed by atoms with van der Waals surface area (Å²) in [5.74, 6) is -7.60. The summed E-state index contributed by atoms with van der Waals surface area (Å²) in [5, 5.41) is -6.55. The lowest BCUT2D eigenvalue weighted by molar-refractivity contribution is -0.461. The molecule has 0 aromatic carbocycles. The van der Waals surface area contributed by atoms with Crippen molar-refractivity contribution in [3.8, 4) is 0 Å². The first-order valence-corrected chi connectivity index (χ1v) is 6.02. The maximum Gasteiger partial charge on any atom is 0.460 e. The van der Waals surface area contributed by atoms with Crippen LogP contribution in [0.1, 0.15) is 13.8 Å². The molecule has 0 aromatic heterocycles. The lowest BCUT2D eigenvalue weighted by Crippen LogP contribution is -2.57. The van der Waals surface area contributed by atoms with Crippen LogP contribution in [0.25, 0.3) is 0 Å². The first-order valence-electron chi connectivity index (χ1n) is 4.58. The fourth-order valence-corrected chi connectivity index (χ4v) is 1.12. The summed E-state index contributed by atoms with van der Waals surface area (Å²) in [4.78, 5) is 0. The van der Waals surface area contributed by atoms with Gasteiger partial charge in [-0.2, -0.15) is 43.5 Å². The Kier molecular flexibility index (Phi) is 4.77. The first-order chi connectivity index (χ1) is 8.40. The fraction of sp³-hybridized carbons (Fsp3) is 1.00. The Morgan fingerprint density at radius 2 is 1.25 bits per heavy atom. The van der Waals surface area contributed by atoms with Crippen LogP contribution in [0.3, 0.4) is 0 Å². The van der Waals surface area contributed by atoms with Gasteiger partial charge in [0.05, 0.1) is 0 Å². The Balaban J connectivity index is 5.62. The highest BCUT2D eigenvalue weighted by atomic mass is 32.2. The SMILES string of the molecule is CC(C)C(F)(F)C(F)(F)OC(F)(F)C(F)(F)S(=O)(=O)O. The van der Waals surface area contributed by atoms with Gasteiger partial charge in [0.1, 0.15) is 0 Å². The van der Waals surface area contributed by atoms with Gasteiger partial charge >= 0.3 is 33.5 Å². The average Bonchev–Trinajstić information content (AvgIpc) is 2.12. The quantitative estimate of drug-likeness (QED) is 0.596. The Hall–Kier alpha value is -0.690. The van der Waals surface area contributed by atoms with Crippen molar-refractivity contribution in [2.75, 3.05) is 0 Å². The lowest BCUT2D eigenvalue weighted by Gasteiger charge is -2.33. The maximum atomic E-state index is 12.9. The van der Waals surface area contributed by atoms with Crippen molar-refractivity contribution in [2.24, 2.45) is 5.92 Å². The van der Waals surface area contributed by atoms with Gasteiger partial charge in [-0.15, -0.1) is 0 Å². The minimum atomic E-state index is -6.88. The largest absolute Gasteiger partial charge is 0.460 e. The Morgan fingerprint density at radius 3 is 1.50 bits per heavy atom. The molecule has 13 heteroatoms. The molecule has 122 valence electrons. The highest BCUT2D eigenvalue weighted by Gasteiger charge is 2.74.